The number of aliphatic carboxylic acids is 2. The SMILES string of the molecule is C1C2CC3CC1CC(C2)C3.CC(=O)N[C@@H](CS)C(=O)NCC(=O)N[C@@H](CCCN=C(N)N)C(=O)NCC(=O)N[C@@H](CC(=O)O)C(=O)N[C@@H](CO)C(=O)N1CCC[C@H]1C(=O)N[C@@H](CS)C(=O)O. The maximum atomic E-state index is 13.3. The number of carbonyl (C=O) groups is 10. The van der Waals surface area contributed by atoms with Crippen LogP contribution in [0.2, 0.25) is 0 Å². The minimum Gasteiger partial charge on any atom is -0.481 e. The van der Waals surface area contributed by atoms with Gasteiger partial charge in [0.25, 0.3) is 0 Å². The number of nitrogens with zero attached hydrogens (tertiary/aromatic N) is 2. The number of carboxylic acids is 2. The standard InChI is InChI=1S/C30H49N11O13S2.C10H16/c1-14(43)36-18(12-55)25(49)35-9-21(44)37-15(4-2-6-33-30(31)32)24(48)34-10-22(45)38-16(8-23(46)47)26(50)39-17(11-42)28(52)41-7-3-5-20(41)27(51)40-19(13-56)29(53)54;1-7-2-9-4-8(1)5-10(3-7)6-9/h15-20,42,55-56H,2-13H2,1H3,(H,34,48)(H,35,49)(H,36,43)(H,37,44)(H,38,45)(H,39,50)(H,40,51)(H,46,47)(H,53,54)(H4,31,32,33);7-10H,1-6H2/t15-,16-,17-,18-,19-,20-;/m0./s1. The molecule has 0 unspecified atom stereocenters. The quantitative estimate of drug-likeness (QED) is 0.0190. The molecule has 8 amide bonds. The summed E-state index contributed by atoms with van der Waals surface area (Å²) in [5.74, 6) is -5.76. The number of hydrogen-bond acceptors (Lipinski definition) is 14. The fourth-order valence-corrected chi connectivity index (χ4v) is 9.57. The molecule has 26 heteroatoms. The van der Waals surface area contributed by atoms with E-state index in [0.717, 1.165) is 4.90 Å². The Hall–Kier alpha value is -5.37. The molecule has 0 aromatic heterocycles. The lowest BCUT2D eigenvalue weighted by Crippen LogP contribution is -2.59. The molecule has 4 bridgehead atoms. The van der Waals surface area contributed by atoms with E-state index in [9.17, 15) is 63.3 Å². The minimum atomic E-state index is -1.83. The molecule has 6 atom stereocenters. The molecular weight excluding hydrogens is 907 g/mol. The highest BCUT2D eigenvalue weighted by Gasteiger charge is 2.42. The molecule has 14 N–H and O–H groups in total. The fourth-order valence-electron chi connectivity index (χ4n) is 9.07. The number of nitrogens with two attached hydrogens (primary N) is 2. The fraction of sp³-hybridized carbons (Fsp3) is 0.725. The summed E-state index contributed by atoms with van der Waals surface area (Å²) < 4.78 is 0. The summed E-state index contributed by atoms with van der Waals surface area (Å²) in [7, 11) is 0. The van der Waals surface area contributed by atoms with Gasteiger partial charge in [-0.25, -0.2) is 4.79 Å². The Labute approximate surface area is 392 Å². The second-order valence-corrected chi connectivity index (χ2v) is 17.8. The highest BCUT2D eigenvalue weighted by molar-refractivity contribution is 7.80. The average molecular weight is 972 g/mol. The maximum absolute atomic E-state index is 13.3. The molecule has 66 heavy (non-hydrogen) atoms. The first-order valence-corrected chi connectivity index (χ1v) is 23.2. The third-order valence-electron chi connectivity index (χ3n) is 11.8. The summed E-state index contributed by atoms with van der Waals surface area (Å²) in [6.45, 7) is -1.21. The number of amides is 8. The predicted molar refractivity (Wildman–Crippen MR) is 242 cm³/mol. The van der Waals surface area contributed by atoms with Crippen LogP contribution in [-0.4, -0.2) is 166 Å². The summed E-state index contributed by atoms with van der Waals surface area (Å²) in [6, 6.07) is -8.39. The van der Waals surface area contributed by atoms with Crippen LogP contribution >= 0.6 is 25.3 Å². The molecule has 5 rings (SSSR count). The van der Waals surface area contributed by atoms with Gasteiger partial charge in [-0.1, -0.05) is 0 Å². The molecule has 0 radical (unpaired) electrons. The van der Waals surface area contributed by atoms with E-state index in [1.807, 2.05) is 0 Å². The van der Waals surface area contributed by atoms with Crippen molar-refractivity contribution in [1.29, 1.82) is 0 Å². The molecule has 0 aromatic rings. The van der Waals surface area contributed by atoms with E-state index in [1.54, 1.807) is 38.5 Å². The lowest BCUT2D eigenvalue weighted by Gasteiger charge is -2.49. The van der Waals surface area contributed by atoms with Crippen molar-refractivity contribution >= 4 is 90.4 Å². The van der Waals surface area contributed by atoms with Gasteiger partial charge in [0, 0.05) is 31.5 Å². The van der Waals surface area contributed by atoms with Gasteiger partial charge < -0.3 is 68.9 Å². The molecule has 1 heterocycles. The number of carboxylic acid groups (broad SMARTS) is 2. The largest absolute Gasteiger partial charge is 0.481 e. The van der Waals surface area contributed by atoms with E-state index in [0.29, 0.717) is 6.42 Å². The number of aliphatic hydroxyl groups is 1. The highest BCUT2D eigenvalue weighted by Crippen LogP contribution is 2.53. The molecule has 1 aliphatic heterocycles. The second kappa shape index (κ2) is 27.3. The number of aliphatic imine (C=N–C) groups is 1. The van der Waals surface area contributed by atoms with Crippen LogP contribution in [0.3, 0.4) is 0 Å². The van der Waals surface area contributed by atoms with Crippen molar-refractivity contribution in [3.8, 4) is 0 Å². The van der Waals surface area contributed by atoms with Crippen LogP contribution in [0.5, 0.6) is 0 Å². The van der Waals surface area contributed by atoms with Crippen molar-refractivity contribution < 1.29 is 63.3 Å². The van der Waals surface area contributed by atoms with Gasteiger partial charge >= 0.3 is 11.9 Å². The van der Waals surface area contributed by atoms with Crippen LogP contribution in [0.4, 0.5) is 0 Å². The lowest BCUT2D eigenvalue weighted by molar-refractivity contribution is -0.145. The summed E-state index contributed by atoms with van der Waals surface area (Å²) in [4.78, 5) is 129. The van der Waals surface area contributed by atoms with Gasteiger partial charge in [0.1, 0.15) is 36.3 Å². The normalized spacial score (nSPS) is 22.3. The maximum Gasteiger partial charge on any atom is 0.327 e. The summed E-state index contributed by atoms with van der Waals surface area (Å²) in [6.07, 6.45) is 9.18. The van der Waals surface area contributed by atoms with Gasteiger partial charge in [0.2, 0.25) is 47.3 Å². The first kappa shape index (κ1) is 55.0. The Morgan fingerprint density at radius 2 is 1.20 bits per heavy atom. The van der Waals surface area contributed by atoms with Gasteiger partial charge in [-0.2, -0.15) is 25.3 Å². The molecule has 0 spiro atoms. The van der Waals surface area contributed by atoms with Gasteiger partial charge in [0.15, 0.2) is 5.96 Å². The van der Waals surface area contributed by atoms with E-state index in [1.165, 1.54) is 30.6 Å². The van der Waals surface area contributed by atoms with Crippen LogP contribution in [0.15, 0.2) is 4.99 Å². The van der Waals surface area contributed by atoms with Crippen molar-refractivity contribution in [3.63, 3.8) is 0 Å². The monoisotopic (exact) mass is 971 g/mol. The Kier molecular flexibility index (Phi) is 22.7. The van der Waals surface area contributed by atoms with Gasteiger partial charge in [-0.3, -0.25) is 48.1 Å². The zero-order valence-electron chi connectivity index (χ0n) is 36.9. The molecule has 1 saturated heterocycles. The summed E-state index contributed by atoms with van der Waals surface area (Å²) >= 11 is 7.86. The van der Waals surface area contributed by atoms with Crippen molar-refractivity contribution in [2.75, 3.05) is 44.3 Å². The van der Waals surface area contributed by atoms with Crippen molar-refractivity contribution in [2.45, 2.75) is 114 Å². The molecule has 24 nitrogen and oxygen atoms in total. The number of likely N-dealkylation sites (tertiary alicyclic amines) is 1. The zero-order chi connectivity index (χ0) is 49.1. The van der Waals surface area contributed by atoms with Crippen LogP contribution in [0.1, 0.15) is 77.6 Å². The van der Waals surface area contributed by atoms with E-state index in [-0.39, 0.29) is 49.8 Å². The van der Waals surface area contributed by atoms with Crippen LogP contribution < -0.4 is 48.7 Å². The van der Waals surface area contributed by atoms with Gasteiger partial charge in [0.05, 0.1) is 26.1 Å². The number of guanidine groups is 1. The Morgan fingerprint density at radius 1 is 0.682 bits per heavy atom. The van der Waals surface area contributed by atoms with Crippen molar-refractivity contribution in [1.82, 2.24) is 42.1 Å². The van der Waals surface area contributed by atoms with E-state index in [4.69, 9.17) is 11.5 Å². The average Bonchev–Trinajstić information content (AvgIpc) is 3.75. The predicted octanol–water partition coefficient (Wildman–Crippen LogP) is -4.05. The van der Waals surface area contributed by atoms with E-state index in [2.05, 4.69) is 67.5 Å². The smallest absolute Gasteiger partial charge is 0.327 e. The number of rotatable bonds is 24. The van der Waals surface area contributed by atoms with Crippen LogP contribution in [0, 0.1) is 23.7 Å². The molecular formula is C40H65N11O13S2. The highest BCUT2D eigenvalue weighted by atomic mass is 32.1. The van der Waals surface area contributed by atoms with Crippen LogP contribution in [0.25, 0.3) is 0 Å². The Balaban J connectivity index is 0.000000988. The first-order valence-electron chi connectivity index (χ1n) is 21.9. The third kappa shape index (κ3) is 18.1. The van der Waals surface area contributed by atoms with E-state index < -0.39 is 122 Å². The number of hydrogen-bond donors (Lipinski definition) is 14. The number of nitrogens with one attached hydrogen (secondary N) is 7. The summed E-state index contributed by atoms with van der Waals surface area (Å²) in [5, 5.41) is 44.3. The molecule has 4 aliphatic carbocycles. The second-order valence-electron chi connectivity index (χ2n) is 17.1. The minimum absolute atomic E-state index is 0.0103. The lowest BCUT2D eigenvalue weighted by atomic mass is 9.56. The van der Waals surface area contributed by atoms with Gasteiger partial charge in [-0.15, -0.1) is 0 Å². The molecule has 5 fully saturated rings. The zero-order valence-corrected chi connectivity index (χ0v) is 38.7. The summed E-state index contributed by atoms with van der Waals surface area (Å²) in [5.41, 5.74) is 10.6. The number of thiol groups is 2. The number of carbonyl (C=O) groups excluding carboxylic acids is 8. The topological polar surface area (TPSA) is 383 Å². The Morgan fingerprint density at radius 3 is 1.65 bits per heavy atom. The van der Waals surface area contributed by atoms with Crippen molar-refractivity contribution in [3.05, 3.63) is 0 Å². The number of aliphatic hydroxyl groups excluding tert-OH is 1. The molecule has 4 saturated carbocycles. The van der Waals surface area contributed by atoms with Crippen molar-refractivity contribution in [2.24, 2.45) is 40.1 Å². The third-order valence-corrected chi connectivity index (χ3v) is 12.5. The molecule has 5 aliphatic rings. The van der Waals surface area contributed by atoms with Crippen LogP contribution in [-0.2, 0) is 47.9 Å². The van der Waals surface area contributed by atoms with Gasteiger partial charge in [-0.05, 0) is 87.9 Å². The molecule has 0 aromatic carbocycles. The first-order chi connectivity index (χ1) is 31.2. The Bertz CT molecular complexity index is 1750. The molecule has 370 valence electrons. The van der Waals surface area contributed by atoms with E-state index >= 15 is 0 Å².